The molecule has 0 spiro atoms. The molecule has 3 fully saturated rings. The molecule has 0 radical (unpaired) electrons. The molecule has 172 valence electrons. The molecule has 0 bridgehead atoms. The first-order valence-electron chi connectivity index (χ1n) is 13.2. The zero-order chi connectivity index (χ0) is 21.6. The van der Waals surface area contributed by atoms with Crippen LogP contribution in [0.1, 0.15) is 102 Å². The van der Waals surface area contributed by atoms with Crippen molar-refractivity contribution < 1.29 is 9.13 Å². The van der Waals surface area contributed by atoms with Gasteiger partial charge in [0.25, 0.3) is 0 Å². The Bertz CT molecular complexity index is 705. The molecule has 4 atom stereocenters. The number of rotatable bonds is 8. The predicted octanol–water partition coefficient (Wildman–Crippen LogP) is 8.69. The lowest BCUT2D eigenvalue weighted by atomic mass is 9.63. The van der Waals surface area contributed by atoms with Crippen LogP contribution < -0.4 is 4.74 Å². The van der Waals surface area contributed by atoms with Gasteiger partial charge in [0, 0.05) is 6.07 Å². The molecule has 4 rings (SSSR count). The van der Waals surface area contributed by atoms with E-state index >= 15 is 0 Å². The normalized spacial score (nSPS) is 33.5. The SMILES string of the molecule is C=CCCOc1ccc(C2CCC3CC(CCC4CCC(C)CC4)CCC3C2)c(F)c1. The first-order chi connectivity index (χ1) is 15.1. The molecule has 3 aliphatic rings. The average Bonchev–Trinajstić information content (AvgIpc) is 2.78. The Kier molecular flexibility index (Phi) is 8.13. The topological polar surface area (TPSA) is 9.23 Å². The van der Waals surface area contributed by atoms with Gasteiger partial charge in [-0.1, -0.05) is 64.0 Å². The number of halogens is 1. The molecule has 4 unspecified atom stereocenters. The summed E-state index contributed by atoms with van der Waals surface area (Å²) in [4.78, 5) is 0. The van der Waals surface area contributed by atoms with Gasteiger partial charge in [-0.25, -0.2) is 4.39 Å². The highest BCUT2D eigenvalue weighted by Crippen LogP contribution is 2.49. The third kappa shape index (κ3) is 6.14. The maximum absolute atomic E-state index is 14.8. The average molecular weight is 427 g/mol. The third-order valence-corrected chi connectivity index (χ3v) is 8.84. The van der Waals surface area contributed by atoms with Crippen molar-refractivity contribution in [1.29, 1.82) is 0 Å². The van der Waals surface area contributed by atoms with E-state index in [1.54, 1.807) is 6.07 Å². The summed E-state index contributed by atoms with van der Waals surface area (Å²) in [6.45, 7) is 6.69. The van der Waals surface area contributed by atoms with E-state index in [1.165, 1.54) is 70.6 Å². The highest BCUT2D eigenvalue weighted by atomic mass is 19.1. The van der Waals surface area contributed by atoms with Gasteiger partial charge in [-0.3, -0.25) is 0 Å². The maximum atomic E-state index is 14.8. The molecular weight excluding hydrogens is 383 g/mol. The van der Waals surface area contributed by atoms with E-state index < -0.39 is 0 Å². The third-order valence-electron chi connectivity index (χ3n) is 8.84. The molecule has 1 aromatic carbocycles. The monoisotopic (exact) mass is 426 g/mol. The molecule has 1 nitrogen and oxygen atoms in total. The van der Waals surface area contributed by atoms with Crippen LogP contribution in [-0.4, -0.2) is 6.61 Å². The van der Waals surface area contributed by atoms with Crippen molar-refractivity contribution in [2.75, 3.05) is 6.61 Å². The van der Waals surface area contributed by atoms with Crippen LogP contribution in [0.3, 0.4) is 0 Å². The van der Waals surface area contributed by atoms with Crippen LogP contribution >= 0.6 is 0 Å². The fourth-order valence-electron chi connectivity index (χ4n) is 6.81. The first kappa shape index (κ1) is 22.9. The van der Waals surface area contributed by atoms with Crippen molar-refractivity contribution in [2.45, 2.75) is 96.3 Å². The standard InChI is InChI=1S/C29H43FO/c1-3-4-17-31-27-15-16-28(29(30)20-27)26-14-13-24-18-23(11-12-25(24)19-26)10-9-22-7-5-21(2)6-8-22/h3,15-16,20-26H,1,4-14,17-19H2,2H3. The summed E-state index contributed by atoms with van der Waals surface area (Å²) in [6.07, 6.45) is 19.3. The van der Waals surface area contributed by atoms with Crippen molar-refractivity contribution in [3.05, 3.63) is 42.2 Å². The van der Waals surface area contributed by atoms with E-state index in [1.807, 2.05) is 18.2 Å². The molecule has 0 aromatic heterocycles. The van der Waals surface area contributed by atoms with Gasteiger partial charge in [-0.05, 0) is 85.7 Å². The number of ether oxygens (including phenoxy) is 1. The van der Waals surface area contributed by atoms with Crippen molar-refractivity contribution in [1.82, 2.24) is 0 Å². The van der Waals surface area contributed by atoms with E-state index in [2.05, 4.69) is 13.5 Å². The largest absolute Gasteiger partial charge is 0.493 e. The number of hydrogen-bond acceptors (Lipinski definition) is 1. The first-order valence-corrected chi connectivity index (χ1v) is 13.2. The number of fused-ring (bicyclic) bond motifs is 1. The van der Waals surface area contributed by atoms with Gasteiger partial charge in [-0.15, -0.1) is 6.58 Å². The van der Waals surface area contributed by atoms with Crippen LogP contribution in [0, 0.1) is 35.4 Å². The van der Waals surface area contributed by atoms with Gasteiger partial charge in [0.2, 0.25) is 0 Å². The molecule has 3 aliphatic carbocycles. The lowest BCUT2D eigenvalue weighted by Crippen LogP contribution is -2.31. The van der Waals surface area contributed by atoms with Crippen LogP contribution in [0.2, 0.25) is 0 Å². The summed E-state index contributed by atoms with van der Waals surface area (Å²) in [6, 6.07) is 5.53. The number of hydrogen-bond donors (Lipinski definition) is 0. The van der Waals surface area contributed by atoms with Crippen molar-refractivity contribution in [2.24, 2.45) is 29.6 Å². The van der Waals surface area contributed by atoms with Crippen molar-refractivity contribution in [3.8, 4) is 5.75 Å². The van der Waals surface area contributed by atoms with Gasteiger partial charge in [-0.2, -0.15) is 0 Å². The van der Waals surface area contributed by atoms with Crippen molar-refractivity contribution in [3.63, 3.8) is 0 Å². The van der Waals surface area contributed by atoms with Crippen LogP contribution in [0.5, 0.6) is 5.75 Å². The number of benzene rings is 1. The minimum absolute atomic E-state index is 0.0740. The molecule has 31 heavy (non-hydrogen) atoms. The van der Waals surface area contributed by atoms with Gasteiger partial charge >= 0.3 is 0 Å². The van der Waals surface area contributed by atoms with Crippen LogP contribution in [0.4, 0.5) is 4.39 Å². The molecule has 0 N–H and O–H groups in total. The summed E-state index contributed by atoms with van der Waals surface area (Å²) >= 11 is 0. The highest BCUT2D eigenvalue weighted by molar-refractivity contribution is 5.31. The van der Waals surface area contributed by atoms with E-state index in [4.69, 9.17) is 4.74 Å². The quantitative estimate of drug-likeness (QED) is 0.298. The minimum Gasteiger partial charge on any atom is -0.493 e. The molecule has 2 heteroatoms. The van der Waals surface area contributed by atoms with E-state index in [0.717, 1.165) is 48.0 Å². The van der Waals surface area contributed by atoms with Gasteiger partial charge in [0.05, 0.1) is 6.61 Å². The Morgan fingerprint density at radius 1 is 0.935 bits per heavy atom. The second-order valence-corrected chi connectivity index (χ2v) is 11.0. The summed E-state index contributed by atoms with van der Waals surface area (Å²) in [5, 5.41) is 0. The predicted molar refractivity (Wildman–Crippen MR) is 128 cm³/mol. The van der Waals surface area contributed by atoms with Crippen molar-refractivity contribution >= 4 is 0 Å². The molecule has 3 saturated carbocycles. The van der Waals surface area contributed by atoms with Crippen LogP contribution in [0.25, 0.3) is 0 Å². The summed E-state index contributed by atoms with van der Waals surface area (Å²) < 4.78 is 20.5. The second kappa shape index (κ2) is 11.0. The second-order valence-electron chi connectivity index (χ2n) is 11.0. The molecular formula is C29H43FO. The van der Waals surface area contributed by atoms with Crippen LogP contribution in [0.15, 0.2) is 30.9 Å². The Morgan fingerprint density at radius 2 is 1.65 bits per heavy atom. The highest BCUT2D eigenvalue weighted by Gasteiger charge is 2.36. The lowest BCUT2D eigenvalue weighted by molar-refractivity contribution is 0.108. The Balaban J connectivity index is 1.24. The molecule has 0 amide bonds. The molecule has 0 aliphatic heterocycles. The Labute approximate surface area is 189 Å². The minimum atomic E-state index is -0.0740. The molecule has 1 aromatic rings. The van der Waals surface area contributed by atoms with E-state index in [0.29, 0.717) is 18.3 Å². The van der Waals surface area contributed by atoms with Crippen LogP contribution in [-0.2, 0) is 0 Å². The zero-order valence-corrected chi connectivity index (χ0v) is 19.7. The van der Waals surface area contributed by atoms with E-state index in [9.17, 15) is 4.39 Å². The Morgan fingerprint density at radius 3 is 2.42 bits per heavy atom. The fraction of sp³-hybridized carbons (Fsp3) is 0.724. The Hall–Kier alpha value is -1.31. The smallest absolute Gasteiger partial charge is 0.130 e. The van der Waals surface area contributed by atoms with Gasteiger partial charge < -0.3 is 4.74 Å². The maximum Gasteiger partial charge on any atom is 0.130 e. The fourth-order valence-corrected chi connectivity index (χ4v) is 6.81. The van der Waals surface area contributed by atoms with Gasteiger partial charge in [0.1, 0.15) is 11.6 Å². The van der Waals surface area contributed by atoms with E-state index in [-0.39, 0.29) is 5.82 Å². The molecule has 0 saturated heterocycles. The summed E-state index contributed by atoms with van der Waals surface area (Å²) in [7, 11) is 0. The summed E-state index contributed by atoms with van der Waals surface area (Å²) in [5.41, 5.74) is 0.920. The molecule has 0 heterocycles. The summed E-state index contributed by atoms with van der Waals surface area (Å²) in [5.74, 6) is 5.60. The van der Waals surface area contributed by atoms with Gasteiger partial charge in [0.15, 0.2) is 0 Å². The zero-order valence-electron chi connectivity index (χ0n) is 19.7. The lowest BCUT2D eigenvalue weighted by Gasteiger charge is -2.43.